The van der Waals surface area contributed by atoms with E-state index in [0.29, 0.717) is 18.2 Å². The Bertz CT molecular complexity index is 862. The Kier molecular flexibility index (Phi) is 6.09. The van der Waals surface area contributed by atoms with Crippen molar-refractivity contribution in [2.45, 2.75) is 48.9 Å². The number of thioether (sulfide) groups is 2. The van der Waals surface area contributed by atoms with Crippen LogP contribution < -0.4 is 5.56 Å². The summed E-state index contributed by atoms with van der Waals surface area (Å²) in [5, 5.41) is 0.172. The summed E-state index contributed by atoms with van der Waals surface area (Å²) in [4.78, 5) is 30.8. The zero-order valence-corrected chi connectivity index (χ0v) is 16.8. The van der Waals surface area contributed by atoms with Crippen LogP contribution in [-0.2, 0) is 16.0 Å². The normalized spacial score (nSPS) is 14.1. The minimum Gasteiger partial charge on any atom is -0.465 e. The number of benzene rings is 1. The predicted molar refractivity (Wildman–Crippen MR) is 106 cm³/mol. The molecule has 0 radical (unpaired) electrons. The molecule has 0 saturated carbocycles. The van der Waals surface area contributed by atoms with E-state index in [1.807, 2.05) is 38.1 Å². The van der Waals surface area contributed by atoms with E-state index in [4.69, 9.17) is 9.72 Å². The van der Waals surface area contributed by atoms with Gasteiger partial charge in [0.15, 0.2) is 5.16 Å². The van der Waals surface area contributed by atoms with Crippen molar-refractivity contribution in [2.24, 2.45) is 0 Å². The number of rotatable bonds is 6. The molecule has 0 unspecified atom stereocenters. The van der Waals surface area contributed by atoms with Crippen molar-refractivity contribution in [2.75, 3.05) is 12.4 Å². The topological polar surface area (TPSA) is 61.2 Å². The SMILES string of the molecule is CCOC(=O)[C@H](CC)Sc1nc2c(c(=O)n1-c1ccc(C)cc1)SCC2. The molecule has 0 aliphatic carbocycles. The van der Waals surface area contributed by atoms with E-state index in [1.54, 1.807) is 23.3 Å². The van der Waals surface area contributed by atoms with Crippen molar-refractivity contribution in [1.29, 1.82) is 0 Å². The van der Waals surface area contributed by atoms with Crippen LogP contribution in [0, 0.1) is 6.92 Å². The predicted octanol–water partition coefficient (Wildman–Crippen LogP) is 3.62. The van der Waals surface area contributed by atoms with E-state index in [1.165, 1.54) is 11.8 Å². The lowest BCUT2D eigenvalue weighted by atomic mass is 10.2. The van der Waals surface area contributed by atoms with Gasteiger partial charge in [-0.1, -0.05) is 36.4 Å². The molecular formula is C19H22N2O3S2. The third-order valence-corrected chi connectivity index (χ3v) is 6.53. The molecule has 3 rings (SSSR count). The Balaban J connectivity index is 2.08. The van der Waals surface area contributed by atoms with Crippen LogP contribution in [0.4, 0.5) is 0 Å². The minimum atomic E-state index is -0.384. The van der Waals surface area contributed by atoms with Crippen LogP contribution in [0.3, 0.4) is 0 Å². The van der Waals surface area contributed by atoms with Crippen molar-refractivity contribution in [3.8, 4) is 5.69 Å². The van der Waals surface area contributed by atoms with Crippen molar-refractivity contribution in [3.63, 3.8) is 0 Å². The summed E-state index contributed by atoms with van der Waals surface area (Å²) in [6.07, 6.45) is 1.40. The molecule has 0 bridgehead atoms. The lowest BCUT2D eigenvalue weighted by Crippen LogP contribution is -2.26. The molecule has 7 heteroatoms. The summed E-state index contributed by atoms with van der Waals surface area (Å²) in [5.74, 6) is 0.605. The Morgan fingerprint density at radius 1 is 1.35 bits per heavy atom. The summed E-state index contributed by atoms with van der Waals surface area (Å²) in [6, 6.07) is 7.78. The van der Waals surface area contributed by atoms with Gasteiger partial charge < -0.3 is 4.74 Å². The Morgan fingerprint density at radius 2 is 2.08 bits per heavy atom. The summed E-state index contributed by atoms with van der Waals surface area (Å²) < 4.78 is 6.80. The number of nitrogens with zero attached hydrogens (tertiary/aromatic N) is 2. The van der Waals surface area contributed by atoms with E-state index in [-0.39, 0.29) is 16.8 Å². The van der Waals surface area contributed by atoms with Gasteiger partial charge in [0.1, 0.15) is 5.25 Å². The van der Waals surface area contributed by atoms with Gasteiger partial charge in [0.05, 0.1) is 22.9 Å². The number of hydrogen-bond donors (Lipinski definition) is 0. The van der Waals surface area contributed by atoms with Gasteiger partial charge in [-0.2, -0.15) is 0 Å². The monoisotopic (exact) mass is 390 g/mol. The van der Waals surface area contributed by atoms with Crippen molar-refractivity contribution >= 4 is 29.5 Å². The van der Waals surface area contributed by atoms with Crippen LogP contribution in [0.15, 0.2) is 39.1 Å². The number of esters is 1. The molecule has 0 spiro atoms. The average molecular weight is 391 g/mol. The fraction of sp³-hybridized carbons (Fsp3) is 0.421. The highest BCUT2D eigenvalue weighted by molar-refractivity contribution is 8.00. The van der Waals surface area contributed by atoms with Crippen LogP contribution >= 0.6 is 23.5 Å². The second-order valence-corrected chi connectivity index (χ2v) is 8.29. The van der Waals surface area contributed by atoms with Gasteiger partial charge in [-0.3, -0.25) is 14.2 Å². The highest BCUT2D eigenvalue weighted by Crippen LogP contribution is 2.32. The third-order valence-electron chi connectivity index (χ3n) is 4.13. The number of ether oxygens (including phenoxy) is 1. The second kappa shape index (κ2) is 8.31. The first kappa shape index (κ1) is 19.0. The molecule has 5 nitrogen and oxygen atoms in total. The fourth-order valence-corrected chi connectivity index (χ4v) is 4.82. The first-order valence-electron chi connectivity index (χ1n) is 8.74. The third kappa shape index (κ3) is 3.83. The highest BCUT2D eigenvalue weighted by atomic mass is 32.2. The molecular weight excluding hydrogens is 368 g/mol. The van der Waals surface area contributed by atoms with E-state index in [0.717, 1.165) is 34.0 Å². The Labute approximate surface area is 161 Å². The number of fused-ring (bicyclic) bond motifs is 1. The van der Waals surface area contributed by atoms with Gasteiger partial charge in [0.25, 0.3) is 5.56 Å². The molecule has 0 N–H and O–H groups in total. The van der Waals surface area contributed by atoms with E-state index >= 15 is 0 Å². The zero-order chi connectivity index (χ0) is 18.7. The second-order valence-electron chi connectivity index (χ2n) is 6.01. The van der Waals surface area contributed by atoms with Crippen LogP contribution in [0.5, 0.6) is 0 Å². The molecule has 2 heterocycles. The minimum absolute atomic E-state index is 0.0532. The molecule has 0 amide bonds. The van der Waals surface area contributed by atoms with Gasteiger partial charge in [0.2, 0.25) is 0 Å². The average Bonchev–Trinajstić information content (AvgIpc) is 3.10. The number of aromatic nitrogens is 2. The van der Waals surface area contributed by atoms with Gasteiger partial charge in [0, 0.05) is 12.2 Å². The number of hydrogen-bond acceptors (Lipinski definition) is 6. The van der Waals surface area contributed by atoms with Crippen LogP contribution in [0.25, 0.3) is 5.69 Å². The zero-order valence-electron chi connectivity index (χ0n) is 15.2. The van der Waals surface area contributed by atoms with Crippen molar-refractivity contribution < 1.29 is 9.53 Å². The van der Waals surface area contributed by atoms with Crippen molar-refractivity contribution in [1.82, 2.24) is 9.55 Å². The summed E-state index contributed by atoms with van der Waals surface area (Å²) in [7, 11) is 0. The molecule has 26 heavy (non-hydrogen) atoms. The molecule has 0 saturated heterocycles. The maximum Gasteiger partial charge on any atom is 0.319 e. The molecule has 1 aromatic carbocycles. The first-order chi connectivity index (χ1) is 12.5. The molecule has 1 atom stereocenters. The smallest absolute Gasteiger partial charge is 0.319 e. The first-order valence-corrected chi connectivity index (χ1v) is 10.6. The quantitative estimate of drug-likeness (QED) is 0.426. The largest absolute Gasteiger partial charge is 0.465 e. The molecule has 1 aromatic heterocycles. The molecule has 1 aliphatic rings. The molecule has 2 aromatic rings. The van der Waals surface area contributed by atoms with Crippen LogP contribution in [-0.4, -0.2) is 33.1 Å². The standard InChI is InChI=1S/C19H22N2O3S2/c1-4-15(18(23)24-5-2)26-19-20-14-10-11-25-16(14)17(22)21(19)13-8-6-12(3)7-9-13/h6-9,15H,4-5,10-11H2,1-3H3/t15-/m0/s1. The van der Waals surface area contributed by atoms with E-state index < -0.39 is 0 Å². The number of carbonyl (C=O) groups is 1. The lowest BCUT2D eigenvalue weighted by molar-refractivity contribution is -0.142. The summed E-state index contributed by atoms with van der Waals surface area (Å²) in [5.41, 5.74) is 2.68. The number of carbonyl (C=O) groups excluding carboxylic acids is 1. The van der Waals surface area contributed by atoms with Gasteiger partial charge >= 0.3 is 5.97 Å². The molecule has 0 fully saturated rings. The van der Waals surface area contributed by atoms with Gasteiger partial charge in [-0.25, -0.2) is 4.98 Å². The highest BCUT2D eigenvalue weighted by Gasteiger charge is 2.26. The fourth-order valence-electron chi connectivity index (χ4n) is 2.75. The molecule has 138 valence electrons. The maximum atomic E-state index is 13.1. The van der Waals surface area contributed by atoms with E-state index in [2.05, 4.69) is 0 Å². The molecule has 1 aliphatic heterocycles. The number of aryl methyl sites for hydroxylation is 2. The summed E-state index contributed by atoms with van der Waals surface area (Å²) >= 11 is 2.87. The maximum absolute atomic E-state index is 13.1. The van der Waals surface area contributed by atoms with E-state index in [9.17, 15) is 9.59 Å². The van der Waals surface area contributed by atoms with Crippen molar-refractivity contribution in [3.05, 3.63) is 45.9 Å². The Hall–Kier alpha value is -1.73. The Morgan fingerprint density at radius 3 is 2.73 bits per heavy atom. The summed E-state index contributed by atoms with van der Waals surface area (Å²) in [6.45, 7) is 6.08. The van der Waals surface area contributed by atoms with Crippen LogP contribution in [0.2, 0.25) is 0 Å². The van der Waals surface area contributed by atoms with Gasteiger partial charge in [-0.05, 0) is 32.4 Å². The lowest BCUT2D eigenvalue weighted by Gasteiger charge is -2.17. The van der Waals surface area contributed by atoms with Gasteiger partial charge in [-0.15, -0.1) is 11.8 Å². The van der Waals surface area contributed by atoms with Crippen LogP contribution in [0.1, 0.15) is 31.5 Å².